The van der Waals surface area contributed by atoms with Crippen LogP contribution in [0.25, 0.3) is 0 Å². The van der Waals surface area contributed by atoms with Crippen LogP contribution in [0.15, 0.2) is 0 Å². The van der Waals surface area contributed by atoms with Gasteiger partial charge in [0.05, 0.1) is 5.75 Å². The van der Waals surface area contributed by atoms with Gasteiger partial charge in [0.2, 0.25) is 10.0 Å². The summed E-state index contributed by atoms with van der Waals surface area (Å²) in [6.45, 7) is 0. The van der Waals surface area contributed by atoms with Gasteiger partial charge in [-0.1, -0.05) is 0 Å². The Morgan fingerprint density at radius 2 is 1.62 bits per heavy atom. The third-order valence-corrected chi connectivity index (χ3v) is 4.87. The van der Waals surface area contributed by atoms with E-state index in [1.165, 1.54) is 0 Å². The van der Waals surface area contributed by atoms with E-state index in [9.17, 15) is 8.42 Å². The van der Waals surface area contributed by atoms with Gasteiger partial charge in [-0.3, -0.25) is 0 Å². The van der Waals surface area contributed by atoms with E-state index in [0.717, 1.165) is 38.5 Å². The molecule has 0 aliphatic heterocycles. The summed E-state index contributed by atoms with van der Waals surface area (Å²) in [6.07, 6.45) is 5.83. The Labute approximate surface area is 104 Å². The fourth-order valence-corrected chi connectivity index (χ4v) is 3.93. The average Bonchev–Trinajstić information content (AvgIpc) is 2.91. The van der Waals surface area contributed by atoms with Crippen LogP contribution in [0.1, 0.15) is 38.5 Å². The average molecular weight is 269 g/mol. The molecule has 2 aliphatic rings. The van der Waals surface area contributed by atoms with Crippen molar-refractivity contribution < 1.29 is 8.42 Å². The van der Waals surface area contributed by atoms with E-state index < -0.39 is 10.0 Å². The second kappa shape index (κ2) is 5.67. The van der Waals surface area contributed by atoms with Crippen LogP contribution in [0.4, 0.5) is 0 Å². The summed E-state index contributed by atoms with van der Waals surface area (Å²) < 4.78 is 26.2. The minimum Gasteiger partial charge on any atom is -0.328 e. The molecule has 0 amide bonds. The van der Waals surface area contributed by atoms with Gasteiger partial charge in [0.25, 0.3) is 0 Å². The van der Waals surface area contributed by atoms with E-state index in [1.807, 2.05) is 0 Å². The summed E-state index contributed by atoms with van der Waals surface area (Å²) in [5, 5.41) is 0. The quantitative estimate of drug-likeness (QED) is 0.799. The summed E-state index contributed by atoms with van der Waals surface area (Å²) in [5.41, 5.74) is 5.77. The number of nitrogens with one attached hydrogen (secondary N) is 1. The number of hydrogen-bond donors (Lipinski definition) is 2. The number of hydrogen-bond acceptors (Lipinski definition) is 3. The normalized spacial score (nSPS) is 30.8. The number of sulfonamides is 1. The first kappa shape index (κ1) is 14.2. The van der Waals surface area contributed by atoms with Crippen LogP contribution in [0.5, 0.6) is 0 Å². The lowest BCUT2D eigenvalue weighted by atomic mass is 9.93. The Kier molecular flexibility index (Phi) is 5.04. The summed E-state index contributed by atoms with van der Waals surface area (Å²) in [5.74, 6) is 0.753. The molecule has 16 heavy (non-hydrogen) atoms. The molecule has 4 nitrogen and oxygen atoms in total. The SMILES string of the molecule is Cl.NC1CCC(NS(=O)(=O)CC2CC2)CC1. The van der Waals surface area contributed by atoms with Gasteiger partial charge in [-0.05, 0) is 44.4 Å². The minimum atomic E-state index is -3.03. The second-order valence-electron chi connectivity index (χ2n) is 4.95. The first-order valence-corrected chi connectivity index (χ1v) is 7.46. The second-order valence-corrected chi connectivity index (χ2v) is 6.75. The zero-order chi connectivity index (χ0) is 10.9. The fraction of sp³-hybridized carbons (Fsp3) is 1.00. The Balaban J connectivity index is 0.00000128. The molecule has 0 unspecified atom stereocenters. The molecule has 0 spiro atoms. The Morgan fingerprint density at radius 1 is 1.06 bits per heavy atom. The molecule has 0 atom stereocenters. The summed E-state index contributed by atoms with van der Waals surface area (Å²) >= 11 is 0. The highest BCUT2D eigenvalue weighted by Crippen LogP contribution is 2.30. The maximum Gasteiger partial charge on any atom is 0.212 e. The molecule has 3 N–H and O–H groups in total. The van der Waals surface area contributed by atoms with Crippen LogP contribution in [0.3, 0.4) is 0 Å². The number of nitrogens with two attached hydrogens (primary N) is 1. The molecule has 0 heterocycles. The fourth-order valence-electron chi connectivity index (χ4n) is 2.13. The standard InChI is InChI=1S/C10H20N2O2S.ClH/c11-9-3-5-10(6-4-9)12-15(13,14)7-8-1-2-8;/h8-10,12H,1-7,11H2;1H. The van der Waals surface area contributed by atoms with Gasteiger partial charge in [0, 0.05) is 12.1 Å². The molecule has 6 heteroatoms. The minimum absolute atomic E-state index is 0. The van der Waals surface area contributed by atoms with Gasteiger partial charge in [0.1, 0.15) is 0 Å². The van der Waals surface area contributed by atoms with Crippen molar-refractivity contribution in [1.29, 1.82) is 0 Å². The van der Waals surface area contributed by atoms with Gasteiger partial charge in [-0.2, -0.15) is 0 Å². The summed E-state index contributed by atoms with van der Waals surface area (Å²) in [4.78, 5) is 0. The van der Waals surface area contributed by atoms with Crippen LogP contribution in [-0.4, -0.2) is 26.3 Å². The molecule has 2 aliphatic carbocycles. The zero-order valence-electron chi connectivity index (χ0n) is 9.39. The van der Waals surface area contributed by atoms with Crippen molar-refractivity contribution in [3.63, 3.8) is 0 Å². The van der Waals surface area contributed by atoms with Crippen molar-refractivity contribution in [2.75, 3.05) is 5.75 Å². The van der Waals surface area contributed by atoms with Crippen molar-refractivity contribution in [2.45, 2.75) is 50.6 Å². The zero-order valence-corrected chi connectivity index (χ0v) is 11.0. The van der Waals surface area contributed by atoms with E-state index in [4.69, 9.17) is 5.73 Å². The smallest absolute Gasteiger partial charge is 0.212 e. The van der Waals surface area contributed by atoms with Crippen LogP contribution in [0, 0.1) is 5.92 Å². The lowest BCUT2D eigenvalue weighted by Gasteiger charge is -2.26. The van der Waals surface area contributed by atoms with Crippen molar-refractivity contribution in [2.24, 2.45) is 11.7 Å². The molecule has 2 fully saturated rings. The maximum atomic E-state index is 11.7. The third kappa shape index (κ3) is 4.57. The van der Waals surface area contributed by atoms with E-state index >= 15 is 0 Å². The summed E-state index contributed by atoms with van der Waals surface area (Å²) in [7, 11) is -3.03. The molecule has 2 rings (SSSR count). The first-order valence-electron chi connectivity index (χ1n) is 5.81. The molecule has 0 aromatic rings. The molecule has 0 saturated heterocycles. The molecule has 0 aromatic carbocycles. The highest BCUT2D eigenvalue weighted by Gasteiger charge is 2.30. The van der Waals surface area contributed by atoms with Gasteiger partial charge >= 0.3 is 0 Å². The van der Waals surface area contributed by atoms with Gasteiger partial charge in [0.15, 0.2) is 0 Å². The maximum absolute atomic E-state index is 11.7. The number of halogens is 1. The van der Waals surface area contributed by atoms with E-state index in [1.54, 1.807) is 0 Å². The summed E-state index contributed by atoms with van der Waals surface area (Å²) in [6, 6.07) is 0.405. The highest BCUT2D eigenvalue weighted by atomic mass is 35.5. The van der Waals surface area contributed by atoms with Crippen molar-refractivity contribution >= 4 is 22.4 Å². The highest BCUT2D eigenvalue weighted by molar-refractivity contribution is 7.89. The van der Waals surface area contributed by atoms with Crippen LogP contribution in [-0.2, 0) is 10.0 Å². The van der Waals surface area contributed by atoms with Crippen molar-refractivity contribution in [1.82, 2.24) is 4.72 Å². The van der Waals surface area contributed by atoms with Crippen LogP contribution in [0.2, 0.25) is 0 Å². The molecule has 96 valence electrons. The predicted molar refractivity (Wildman–Crippen MR) is 67.1 cm³/mol. The third-order valence-electron chi connectivity index (χ3n) is 3.27. The van der Waals surface area contributed by atoms with Gasteiger partial charge in [-0.15, -0.1) is 12.4 Å². The van der Waals surface area contributed by atoms with Crippen molar-refractivity contribution in [3.05, 3.63) is 0 Å². The lowest BCUT2D eigenvalue weighted by Crippen LogP contribution is -2.41. The van der Waals surface area contributed by atoms with Crippen LogP contribution >= 0.6 is 12.4 Å². The Bertz CT molecular complexity index is 309. The predicted octanol–water partition coefficient (Wildman–Crippen LogP) is 1.01. The van der Waals surface area contributed by atoms with Crippen molar-refractivity contribution in [3.8, 4) is 0 Å². The molecule has 0 radical (unpaired) electrons. The van der Waals surface area contributed by atoms with Gasteiger partial charge < -0.3 is 5.73 Å². The lowest BCUT2D eigenvalue weighted by molar-refractivity contribution is 0.373. The first-order chi connectivity index (χ1) is 7.05. The molecular weight excluding hydrogens is 248 g/mol. The van der Waals surface area contributed by atoms with Gasteiger partial charge in [-0.25, -0.2) is 13.1 Å². The number of rotatable bonds is 4. The largest absolute Gasteiger partial charge is 0.328 e. The van der Waals surface area contributed by atoms with Crippen LogP contribution < -0.4 is 10.5 Å². The monoisotopic (exact) mass is 268 g/mol. The van der Waals surface area contributed by atoms with E-state index in [-0.39, 0.29) is 24.5 Å². The Hall–Kier alpha value is 0.160. The molecule has 0 aromatic heterocycles. The molecule has 0 bridgehead atoms. The topological polar surface area (TPSA) is 72.2 Å². The molecule has 2 saturated carbocycles. The van der Waals surface area contributed by atoms with E-state index in [0.29, 0.717) is 11.7 Å². The Morgan fingerprint density at radius 3 is 2.12 bits per heavy atom. The van der Waals surface area contributed by atoms with E-state index in [2.05, 4.69) is 4.72 Å². The molecular formula is C10H21ClN2O2S.